The summed E-state index contributed by atoms with van der Waals surface area (Å²) in [6.07, 6.45) is 0.992. The largest absolute Gasteiger partial charge is 0.348 e. The van der Waals surface area contributed by atoms with Crippen molar-refractivity contribution in [1.82, 2.24) is 10.6 Å². The van der Waals surface area contributed by atoms with Gasteiger partial charge in [-0.2, -0.15) is 0 Å². The van der Waals surface area contributed by atoms with E-state index in [9.17, 15) is 4.79 Å². The zero-order valence-electron chi connectivity index (χ0n) is 9.53. The van der Waals surface area contributed by atoms with Crippen LogP contribution in [0.15, 0.2) is 12.1 Å². The molecule has 17 heavy (non-hydrogen) atoms. The minimum Gasteiger partial charge on any atom is -0.348 e. The number of piperidine rings is 1. The average Bonchev–Trinajstić information content (AvgIpc) is 2.68. The number of amides is 1. The minimum absolute atomic E-state index is 0. The molecule has 0 spiro atoms. The summed E-state index contributed by atoms with van der Waals surface area (Å²) in [6, 6.07) is 3.80. The molecule has 0 saturated carbocycles. The van der Waals surface area contributed by atoms with Crippen LogP contribution in [0.5, 0.6) is 0 Å². The Morgan fingerprint density at radius 3 is 2.94 bits per heavy atom. The molecule has 96 valence electrons. The van der Waals surface area contributed by atoms with Crippen molar-refractivity contribution in [3.63, 3.8) is 0 Å². The van der Waals surface area contributed by atoms with Gasteiger partial charge in [0.1, 0.15) is 0 Å². The Labute approximate surface area is 116 Å². The highest BCUT2D eigenvalue weighted by molar-refractivity contribution is 7.17. The summed E-state index contributed by atoms with van der Waals surface area (Å²) in [5.74, 6) is 0.476. The van der Waals surface area contributed by atoms with Crippen LogP contribution in [0.1, 0.15) is 23.0 Å². The van der Waals surface area contributed by atoms with Crippen molar-refractivity contribution in [2.75, 3.05) is 13.1 Å². The molecule has 0 aliphatic carbocycles. The SMILES string of the molecule is CC1CNCCC1NC(=O)c1ccc(Cl)s1.Cl. The van der Waals surface area contributed by atoms with Gasteiger partial charge in [0.05, 0.1) is 9.21 Å². The zero-order chi connectivity index (χ0) is 11.5. The molecular formula is C11H16Cl2N2OS. The van der Waals surface area contributed by atoms with Crippen molar-refractivity contribution < 1.29 is 4.79 Å². The molecule has 1 saturated heterocycles. The van der Waals surface area contributed by atoms with Crippen LogP contribution in [-0.2, 0) is 0 Å². The van der Waals surface area contributed by atoms with Gasteiger partial charge < -0.3 is 10.6 Å². The number of thiophene rings is 1. The molecule has 2 rings (SSSR count). The first-order valence-electron chi connectivity index (χ1n) is 5.44. The second kappa shape index (κ2) is 6.59. The molecular weight excluding hydrogens is 279 g/mol. The van der Waals surface area contributed by atoms with Crippen molar-refractivity contribution in [2.24, 2.45) is 5.92 Å². The Bertz CT molecular complexity index is 383. The molecule has 1 aliphatic rings. The van der Waals surface area contributed by atoms with Gasteiger partial charge in [0, 0.05) is 6.04 Å². The molecule has 0 aromatic carbocycles. The number of halogens is 2. The van der Waals surface area contributed by atoms with Crippen molar-refractivity contribution in [2.45, 2.75) is 19.4 Å². The summed E-state index contributed by atoms with van der Waals surface area (Å²) in [6.45, 7) is 4.09. The Balaban J connectivity index is 0.00000144. The third-order valence-corrected chi connectivity index (χ3v) is 4.13. The normalized spacial score (nSPS) is 23.9. The van der Waals surface area contributed by atoms with Gasteiger partial charge in [-0.1, -0.05) is 18.5 Å². The van der Waals surface area contributed by atoms with Crippen LogP contribution in [0.25, 0.3) is 0 Å². The summed E-state index contributed by atoms with van der Waals surface area (Å²) in [4.78, 5) is 12.6. The summed E-state index contributed by atoms with van der Waals surface area (Å²) in [7, 11) is 0. The lowest BCUT2D eigenvalue weighted by atomic mass is 9.95. The molecule has 2 N–H and O–H groups in total. The van der Waals surface area contributed by atoms with E-state index in [0.717, 1.165) is 19.5 Å². The second-order valence-electron chi connectivity index (χ2n) is 4.15. The van der Waals surface area contributed by atoms with E-state index >= 15 is 0 Å². The molecule has 1 aromatic heterocycles. The number of hydrogen-bond acceptors (Lipinski definition) is 3. The van der Waals surface area contributed by atoms with Crippen LogP contribution < -0.4 is 10.6 Å². The molecule has 1 amide bonds. The van der Waals surface area contributed by atoms with E-state index in [1.807, 2.05) is 0 Å². The summed E-state index contributed by atoms with van der Waals surface area (Å²) < 4.78 is 0.656. The van der Waals surface area contributed by atoms with Gasteiger partial charge in [-0.25, -0.2) is 0 Å². The van der Waals surface area contributed by atoms with E-state index in [1.54, 1.807) is 12.1 Å². The number of carbonyl (C=O) groups is 1. The molecule has 0 radical (unpaired) electrons. The van der Waals surface area contributed by atoms with Crippen molar-refractivity contribution in [1.29, 1.82) is 0 Å². The quantitative estimate of drug-likeness (QED) is 0.880. The lowest BCUT2D eigenvalue weighted by molar-refractivity contribution is 0.0918. The second-order valence-corrected chi connectivity index (χ2v) is 5.87. The predicted molar refractivity (Wildman–Crippen MR) is 74.5 cm³/mol. The molecule has 0 bridgehead atoms. The fourth-order valence-electron chi connectivity index (χ4n) is 1.90. The van der Waals surface area contributed by atoms with Crippen molar-refractivity contribution in [3.05, 3.63) is 21.3 Å². The van der Waals surface area contributed by atoms with Crippen molar-refractivity contribution >= 4 is 41.3 Å². The number of rotatable bonds is 2. The van der Waals surface area contributed by atoms with Gasteiger partial charge in [0.15, 0.2) is 0 Å². The zero-order valence-corrected chi connectivity index (χ0v) is 11.9. The highest BCUT2D eigenvalue weighted by Crippen LogP contribution is 2.22. The summed E-state index contributed by atoms with van der Waals surface area (Å²) in [5, 5.41) is 6.38. The van der Waals surface area contributed by atoms with E-state index < -0.39 is 0 Å². The topological polar surface area (TPSA) is 41.1 Å². The van der Waals surface area contributed by atoms with Crippen LogP contribution >= 0.6 is 35.3 Å². The Hall–Kier alpha value is -0.290. The first-order valence-corrected chi connectivity index (χ1v) is 6.63. The van der Waals surface area contributed by atoms with Gasteiger partial charge in [0.25, 0.3) is 5.91 Å². The maximum atomic E-state index is 11.9. The van der Waals surface area contributed by atoms with Gasteiger partial charge in [-0.3, -0.25) is 4.79 Å². The van der Waals surface area contributed by atoms with Gasteiger partial charge in [-0.15, -0.1) is 23.7 Å². The van der Waals surface area contributed by atoms with E-state index in [2.05, 4.69) is 17.6 Å². The smallest absolute Gasteiger partial charge is 0.261 e. The van der Waals surface area contributed by atoms with Crippen LogP contribution in [0, 0.1) is 5.92 Å². The highest BCUT2D eigenvalue weighted by Gasteiger charge is 2.23. The molecule has 2 unspecified atom stereocenters. The fourth-order valence-corrected chi connectivity index (χ4v) is 2.85. The monoisotopic (exact) mass is 294 g/mol. The Kier molecular flexibility index (Phi) is 5.73. The van der Waals surface area contributed by atoms with Gasteiger partial charge in [0.2, 0.25) is 0 Å². The molecule has 1 aliphatic heterocycles. The fraction of sp³-hybridized carbons (Fsp3) is 0.545. The predicted octanol–water partition coefficient (Wildman–Crippen LogP) is 2.55. The van der Waals surface area contributed by atoms with Crippen LogP contribution in [0.2, 0.25) is 4.34 Å². The maximum absolute atomic E-state index is 11.9. The first-order chi connectivity index (χ1) is 7.66. The van der Waals surface area contributed by atoms with E-state index in [0.29, 0.717) is 15.1 Å². The van der Waals surface area contributed by atoms with Crippen LogP contribution in [0.3, 0.4) is 0 Å². The summed E-state index contributed by atoms with van der Waals surface area (Å²) >= 11 is 7.13. The number of hydrogen-bond donors (Lipinski definition) is 2. The molecule has 1 fully saturated rings. The average molecular weight is 295 g/mol. The van der Waals surface area contributed by atoms with Gasteiger partial charge in [-0.05, 0) is 37.6 Å². The minimum atomic E-state index is -0.00403. The Morgan fingerprint density at radius 1 is 1.59 bits per heavy atom. The van der Waals surface area contributed by atoms with Gasteiger partial charge >= 0.3 is 0 Å². The standard InChI is InChI=1S/C11H15ClN2OS.ClH/c1-7-6-13-5-4-8(7)14-11(15)9-2-3-10(12)16-9;/h2-3,7-8,13H,4-6H2,1H3,(H,14,15);1H. The maximum Gasteiger partial charge on any atom is 0.261 e. The lowest BCUT2D eigenvalue weighted by Gasteiger charge is -2.30. The van der Waals surface area contributed by atoms with E-state index in [1.165, 1.54) is 11.3 Å². The van der Waals surface area contributed by atoms with Crippen LogP contribution in [0.4, 0.5) is 0 Å². The Morgan fingerprint density at radius 2 is 2.35 bits per heavy atom. The first kappa shape index (κ1) is 14.8. The lowest BCUT2D eigenvalue weighted by Crippen LogP contribution is -2.48. The third kappa shape index (κ3) is 3.85. The summed E-state index contributed by atoms with van der Waals surface area (Å²) in [5.41, 5.74) is 0. The third-order valence-electron chi connectivity index (χ3n) is 2.90. The number of nitrogens with one attached hydrogen (secondary N) is 2. The highest BCUT2D eigenvalue weighted by atomic mass is 35.5. The molecule has 2 heterocycles. The molecule has 6 heteroatoms. The van der Waals surface area contributed by atoms with E-state index in [4.69, 9.17) is 11.6 Å². The molecule has 1 aromatic rings. The van der Waals surface area contributed by atoms with Crippen LogP contribution in [-0.4, -0.2) is 25.0 Å². The molecule has 2 atom stereocenters. The van der Waals surface area contributed by atoms with Crippen molar-refractivity contribution in [3.8, 4) is 0 Å². The number of carbonyl (C=O) groups excluding carboxylic acids is 1. The molecule has 3 nitrogen and oxygen atoms in total. The van der Waals surface area contributed by atoms with E-state index in [-0.39, 0.29) is 24.4 Å².